The molecule has 1 N–H and O–H groups in total. The van der Waals surface area contributed by atoms with Crippen molar-refractivity contribution < 1.29 is 0 Å². The summed E-state index contributed by atoms with van der Waals surface area (Å²) < 4.78 is 0. The third-order valence-electron chi connectivity index (χ3n) is 3.65. The van der Waals surface area contributed by atoms with Crippen LogP contribution in [0.2, 0.25) is 0 Å². The number of rotatable bonds is 6. The first-order chi connectivity index (χ1) is 7.15. The molecule has 0 aromatic rings. The number of likely N-dealkylation sites (N-methyl/N-ethyl adjacent to an activating group) is 1. The Balaban J connectivity index is 2.23. The second-order valence-electron chi connectivity index (χ2n) is 5.16. The van der Waals surface area contributed by atoms with E-state index in [0.29, 0.717) is 12.1 Å². The van der Waals surface area contributed by atoms with Crippen molar-refractivity contribution in [1.29, 1.82) is 0 Å². The molecule has 2 nitrogen and oxygen atoms in total. The molecule has 1 aliphatic rings. The lowest BCUT2D eigenvalue weighted by Gasteiger charge is -2.32. The fourth-order valence-corrected chi connectivity index (χ4v) is 2.77. The van der Waals surface area contributed by atoms with Gasteiger partial charge in [0, 0.05) is 24.7 Å². The molecule has 1 fully saturated rings. The molecular formula is C13H28N2. The monoisotopic (exact) mass is 212 g/mol. The first-order valence-electron chi connectivity index (χ1n) is 6.64. The summed E-state index contributed by atoms with van der Waals surface area (Å²) in [4.78, 5) is 2.56. The van der Waals surface area contributed by atoms with E-state index in [1.807, 2.05) is 0 Å². The Kier molecular flexibility index (Phi) is 5.62. The van der Waals surface area contributed by atoms with Crippen LogP contribution in [0.25, 0.3) is 0 Å². The highest BCUT2D eigenvalue weighted by atomic mass is 15.2. The second kappa shape index (κ2) is 6.49. The Labute approximate surface area is 95.4 Å². The Morgan fingerprint density at radius 1 is 1.20 bits per heavy atom. The predicted molar refractivity (Wildman–Crippen MR) is 67.2 cm³/mol. The van der Waals surface area contributed by atoms with Gasteiger partial charge in [-0.05, 0) is 40.2 Å². The van der Waals surface area contributed by atoms with E-state index < -0.39 is 0 Å². The number of nitrogens with zero attached hydrogens (tertiary/aromatic N) is 1. The minimum atomic E-state index is 0.662. The maximum Gasteiger partial charge on any atom is 0.0195 e. The van der Waals surface area contributed by atoms with Gasteiger partial charge in [0.15, 0.2) is 0 Å². The number of hydrogen-bond acceptors (Lipinski definition) is 2. The molecule has 0 bridgehead atoms. The lowest BCUT2D eigenvalue weighted by atomic mass is 10.2. The first kappa shape index (κ1) is 13.0. The first-order valence-corrected chi connectivity index (χ1v) is 6.64. The van der Waals surface area contributed by atoms with E-state index in [9.17, 15) is 0 Å². The minimum absolute atomic E-state index is 0.662. The van der Waals surface area contributed by atoms with Gasteiger partial charge in [0.2, 0.25) is 0 Å². The summed E-state index contributed by atoms with van der Waals surface area (Å²) in [7, 11) is 0. The molecule has 0 radical (unpaired) electrons. The van der Waals surface area contributed by atoms with Gasteiger partial charge >= 0.3 is 0 Å². The third kappa shape index (κ3) is 4.12. The van der Waals surface area contributed by atoms with Crippen molar-refractivity contribution in [3.05, 3.63) is 0 Å². The molecule has 90 valence electrons. The molecule has 1 saturated carbocycles. The van der Waals surface area contributed by atoms with Gasteiger partial charge in [-0.15, -0.1) is 0 Å². The average molecular weight is 212 g/mol. The van der Waals surface area contributed by atoms with Crippen LogP contribution in [0.15, 0.2) is 0 Å². The summed E-state index contributed by atoms with van der Waals surface area (Å²) in [5, 5.41) is 3.71. The Bertz CT molecular complexity index is 162. The molecule has 0 aromatic carbocycles. The fraction of sp³-hybridized carbons (Fsp3) is 1.00. The van der Waals surface area contributed by atoms with Crippen LogP contribution in [0.1, 0.15) is 53.4 Å². The summed E-state index contributed by atoms with van der Waals surface area (Å²) in [5.74, 6) is 0. The minimum Gasteiger partial charge on any atom is -0.312 e. The highest BCUT2D eigenvalue weighted by molar-refractivity contribution is 4.78. The maximum absolute atomic E-state index is 3.71. The number of hydrogen-bond donors (Lipinski definition) is 1. The van der Waals surface area contributed by atoms with Crippen molar-refractivity contribution in [3.8, 4) is 0 Å². The largest absolute Gasteiger partial charge is 0.312 e. The van der Waals surface area contributed by atoms with Crippen LogP contribution in [0.4, 0.5) is 0 Å². The molecule has 2 heteroatoms. The highest BCUT2D eigenvalue weighted by Gasteiger charge is 2.18. The molecule has 1 atom stereocenters. The van der Waals surface area contributed by atoms with Gasteiger partial charge < -0.3 is 5.32 Å². The summed E-state index contributed by atoms with van der Waals surface area (Å²) in [6.07, 6.45) is 5.63. The van der Waals surface area contributed by atoms with E-state index in [-0.39, 0.29) is 0 Å². The van der Waals surface area contributed by atoms with Crippen LogP contribution in [0.5, 0.6) is 0 Å². The second-order valence-corrected chi connectivity index (χ2v) is 5.16. The quantitative estimate of drug-likeness (QED) is 0.728. The molecule has 0 saturated heterocycles. The van der Waals surface area contributed by atoms with Crippen molar-refractivity contribution >= 4 is 0 Å². The zero-order chi connectivity index (χ0) is 11.3. The molecule has 1 aliphatic carbocycles. The van der Waals surface area contributed by atoms with E-state index in [1.165, 1.54) is 25.7 Å². The highest BCUT2D eigenvalue weighted by Crippen LogP contribution is 2.17. The van der Waals surface area contributed by atoms with E-state index in [0.717, 1.165) is 19.1 Å². The van der Waals surface area contributed by atoms with E-state index in [4.69, 9.17) is 0 Å². The van der Waals surface area contributed by atoms with Crippen molar-refractivity contribution in [3.63, 3.8) is 0 Å². The van der Waals surface area contributed by atoms with Crippen molar-refractivity contribution in [1.82, 2.24) is 10.2 Å². The molecular weight excluding hydrogens is 184 g/mol. The van der Waals surface area contributed by atoms with Gasteiger partial charge in [-0.25, -0.2) is 0 Å². The SMILES string of the molecule is CCN(C(C)C)C(C)CNC1CCCC1. The predicted octanol–water partition coefficient (Wildman–Crippen LogP) is 2.64. The van der Waals surface area contributed by atoms with Gasteiger partial charge in [0.1, 0.15) is 0 Å². The third-order valence-corrected chi connectivity index (χ3v) is 3.65. The summed E-state index contributed by atoms with van der Waals surface area (Å²) in [5.41, 5.74) is 0. The van der Waals surface area contributed by atoms with E-state index in [1.54, 1.807) is 0 Å². The van der Waals surface area contributed by atoms with Crippen LogP contribution < -0.4 is 5.32 Å². The molecule has 0 heterocycles. The number of nitrogens with one attached hydrogen (secondary N) is 1. The van der Waals surface area contributed by atoms with Crippen LogP contribution in [-0.4, -0.2) is 36.1 Å². The Morgan fingerprint density at radius 2 is 1.80 bits per heavy atom. The average Bonchev–Trinajstić information content (AvgIpc) is 2.67. The van der Waals surface area contributed by atoms with Gasteiger partial charge in [-0.2, -0.15) is 0 Å². The van der Waals surface area contributed by atoms with Crippen molar-refractivity contribution in [2.75, 3.05) is 13.1 Å². The van der Waals surface area contributed by atoms with Crippen LogP contribution in [0, 0.1) is 0 Å². The van der Waals surface area contributed by atoms with Gasteiger partial charge in [-0.1, -0.05) is 19.8 Å². The smallest absolute Gasteiger partial charge is 0.0195 e. The Hall–Kier alpha value is -0.0800. The fourth-order valence-electron chi connectivity index (χ4n) is 2.77. The van der Waals surface area contributed by atoms with Gasteiger partial charge in [0.05, 0.1) is 0 Å². The van der Waals surface area contributed by atoms with Gasteiger partial charge in [0.25, 0.3) is 0 Å². The van der Waals surface area contributed by atoms with Crippen LogP contribution in [-0.2, 0) is 0 Å². The van der Waals surface area contributed by atoms with Crippen LogP contribution >= 0.6 is 0 Å². The molecule has 1 rings (SSSR count). The zero-order valence-electron chi connectivity index (χ0n) is 10.9. The lowest BCUT2D eigenvalue weighted by molar-refractivity contribution is 0.167. The molecule has 0 amide bonds. The molecule has 0 aliphatic heterocycles. The molecule has 0 aromatic heterocycles. The lowest BCUT2D eigenvalue weighted by Crippen LogP contribution is -2.45. The molecule has 15 heavy (non-hydrogen) atoms. The maximum atomic E-state index is 3.71. The topological polar surface area (TPSA) is 15.3 Å². The standard InChI is InChI=1S/C13H28N2/c1-5-15(11(2)3)12(4)10-14-13-8-6-7-9-13/h11-14H,5-10H2,1-4H3. The van der Waals surface area contributed by atoms with Crippen LogP contribution in [0.3, 0.4) is 0 Å². The molecule has 1 unspecified atom stereocenters. The summed E-state index contributed by atoms with van der Waals surface area (Å²) >= 11 is 0. The van der Waals surface area contributed by atoms with E-state index in [2.05, 4.69) is 37.9 Å². The zero-order valence-corrected chi connectivity index (χ0v) is 10.9. The van der Waals surface area contributed by atoms with Crippen molar-refractivity contribution in [2.45, 2.75) is 71.5 Å². The molecule has 0 spiro atoms. The van der Waals surface area contributed by atoms with Gasteiger partial charge in [-0.3, -0.25) is 4.90 Å². The van der Waals surface area contributed by atoms with Crippen molar-refractivity contribution in [2.24, 2.45) is 0 Å². The van der Waals surface area contributed by atoms with E-state index >= 15 is 0 Å². The summed E-state index contributed by atoms with van der Waals surface area (Å²) in [6.45, 7) is 11.5. The summed E-state index contributed by atoms with van der Waals surface area (Å²) in [6, 6.07) is 2.13. The normalized spacial score (nSPS) is 20.4. The Morgan fingerprint density at radius 3 is 2.27 bits per heavy atom.